The predicted molar refractivity (Wildman–Crippen MR) is 109 cm³/mol. The minimum absolute atomic E-state index is 0. The maximum atomic E-state index is 2.42. The Hall–Kier alpha value is -1.27. The molecular weight excluding hydrogens is 462 g/mol. The third kappa shape index (κ3) is 3.32. The first kappa shape index (κ1) is 21.4. The molecule has 3 heteroatoms. The van der Waals surface area contributed by atoms with Gasteiger partial charge in [-0.3, -0.25) is 0 Å². The van der Waals surface area contributed by atoms with E-state index in [4.69, 9.17) is 0 Å². The molecule has 28 heavy (non-hydrogen) atoms. The van der Waals surface area contributed by atoms with Crippen LogP contribution in [-0.2, 0) is 21.3 Å². The van der Waals surface area contributed by atoms with Crippen molar-refractivity contribution in [1.82, 2.24) is 0 Å². The van der Waals surface area contributed by atoms with Crippen molar-refractivity contribution >= 4 is 14.0 Å². The van der Waals surface area contributed by atoms with Crippen LogP contribution in [0.15, 0.2) is 82.2 Å². The third-order valence-corrected chi connectivity index (χ3v) is 13.9. The van der Waals surface area contributed by atoms with Gasteiger partial charge in [0.1, 0.15) is 0 Å². The summed E-state index contributed by atoms with van der Waals surface area (Å²) >= 11 is -2.00. The van der Waals surface area contributed by atoms with Gasteiger partial charge in [-0.05, 0) is 0 Å². The van der Waals surface area contributed by atoms with Gasteiger partial charge in [-0.2, -0.15) is 0 Å². The normalized spacial score (nSPS) is 15.6. The van der Waals surface area contributed by atoms with E-state index in [-0.39, 0.29) is 24.8 Å². The van der Waals surface area contributed by atoms with E-state index in [1.165, 1.54) is 28.3 Å². The molecule has 0 bridgehead atoms. The van der Waals surface area contributed by atoms with Crippen molar-refractivity contribution in [2.45, 2.75) is 23.9 Å². The fourth-order valence-corrected chi connectivity index (χ4v) is 13.0. The average molecular weight is 485 g/mol. The summed E-state index contributed by atoms with van der Waals surface area (Å²) in [5, 5.41) is 2.83. The second-order valence-corrected chi connectivity index (χ2v) is 15.0. The summed E-state index contributed by atoms with van der Waals surface area (Å²) in [6.45, 7) is 4.78. The quantitative estimate of drug-likeness (QED) is 0.500. The molecule has 2 aliphatic carbocycles. The Balaban J connectivity index is 0.00000112. The van der Waals surface area contributed by atoms with E-state index in [2.05, 4.69) is 92.7 Å². The van der Waals surface area contributed by atoms with Crippen LogP contribution in [0.4, 0.5) is 0 Å². The van der Waals surface area contributed by atoms with E-state index >= 15 is 0 Å². The summed E-state index contributed by atoms with van der Waals surface area (Å²) < 4.78 is 4.04. The number of allylic oxidation sites excluding steroid dienone is 4. The van der Waals surface area contributed by atoms with Gasteiger partial charge in [0.25, 0.3) is 0 Å². The molecule has 0 aromatic heterocycles. The van der Waals surface area contributed by atoms with Crippen LogP contribution in [0, 0.1) is 0 Å². The molecule has 0 heterocycles. The number of rotatable bonds is 2. The molecule has 3 aromatic carbocycles. The largest absolute Gasteiger partial charge is 1.00 e. The van der Waals surface area contributed by atoms with Crippen LogP contribution >= 0.6 is 0 Å². The molecule has 0 fully saturated rings. The van der Waals surface area contributed by atoms with Crippen molar-refractivity contribution in [3.8, 4) is 11.1 Å². The molecule has 3 aromatic rings. The summed E-state index contributed by atoms with van der Waals surface area (Å²) in [4.78, 5) is 0. The predicted octanol–water partition coefficient (Wildman–Crippen LogP) is 0.592. The molecule has 0 saturated heterocycles. The van der Waals surface area contributed by atoms with Gasteiger partial charge in [-0.25, -0.2) is 0 Å². The molecule has 1 atom stereocenters. The fourth-order valence-electron chi connectivity index (χ4n) is 4.73. The number of hydrogen-bond donors (Lipinski definition) is 0. The zero-order chi connectivity index (χ0) is 17.7. The van der Waals surface area contributed by atoms with E-state index in [1.54, 1.807) is 17.6 Å². The van der Waals surface area contributed by atoms with Crippen LogP contribution < -0.4 is 24.8 Å². The van der Waals surface area contributed by atoms with Crippen molar-refractivity contribution in [2.24, 2.45) is 0 Å². The summed E-state index contributed by atoms with van der Waals surface area (Å²) in [6, 6.07) is 22.8. The number of fused-ring (bicyclic) bond motifs is 5. The van der Waals surface area contributed by atoms with Gasteiger partial charge in [0, 0.05) is 0 Å². The van der Waals surface area contributed by atoms with Crippen molar-refractivity contribution in [2.75, 3.05) is 0 Å². The Bertz CT molecular complexity index is 1130. The van der Waals surface area contributed by atoms with Crippen LogP contribution in [0.3, 0.4) is 0 Å². The summed E-state index contributed by atoms with van der Waals surface area (Å²) in [7, 11) is 0. The van der Waals surface area contributed by atoms with Crippen molar-refractivity contribution in [3.63, 3.8) is 0 Å². The maximum absolute atomic E-state index is 2.42. The van der Waals surface area contributed by atoms with E-state index in [0.29, 0.717) is 3.63 Å². The Morgan fingerprint density at radius 3 is 2.36 bits per heavy atom. The monoisotopic (exact) mass is 482 g/mol. The number of hydrogen-bond acceptors (Lipinski definition) is 0. The zero-order valence-electron chi connectivity index (χ0n) is 16.0. The summed E-state index contributed by atoms with van der Waals surface area (Å²) in [5.41, 5.74) is 6.11. The topological polar surface area (TPSA) is 0 Å². The first-order valence-electron chi connectivity index (χ1n) is 9.40. The molecule has 0 amide bonds. The van der Waals surface area contributed by atoms with E-state index in [0.717, 1.165) is 0 Å². The minimum atomic E-state index is -2.00. The van der Waals surface area contributed by atoms with Crippen LogP contribution in [0.25, 0.3) is 21.9 Å². The molecular formula is C25H22Cl2Zr. The van der Waals surface area contributed by atoms with Gasteiger partial charge in [-0.15, -0.1) is 0 Å². The molecule has 0 nitrogen and oxygen atoms in total. The first-order valence-corrected chi connectivity index (χ1v) is 13.3. The van der Waals surface area contributed by atoms with Gasteiger partial charge < -0.3 is 24.8 Å². The molecule has 0 radical (unpaired) electrons. The van der Waals surface area contributed by atoms with E-state index in [1.807, 2.05) is 0 Å². The fraction of sp³-hybridized carbons (Fsp3) is 0.160. The van der Waals surface area contributed by atoms with Crippen molar-refractivity contribution in [3.05, 3.63) is 93.3 Å². The smallest absolute Gasteiger partial charge is 1.00 e. The molecule has 5 rings (SSSR count). The van der Waals surface area contributed by atoms with Crippen LogP contribution in [0.5, 0.6) is 0 Å². The summed E-state index contributed by atoms with van der Waals surface area (Å²) in [6.07, 6.45) is 8.19. The third-order valence-electron chi connectivity index (χ3n) is 5.77. The van der Waals surface area contributed by atoms with Gasteiger partial charge >= 0.3 is 164 Å². The van der Waals surface area contributed by atoms with Crippen molar-refractivity contribution < 1.29 is 46.1 Å². The molecule has 140 valence electrons. The Labute approximate surface area is 187 Å². The second kappa shape index (κ2) is 8.62. The van der Waals surface area contributed by atoms with Crippen LogP contribution in [-0.4, -0.2) is 3.21 Å². The van der Waals surface area contributed by atoms with E-state index < -0.39 is 21.3 Å². The van der Waals surface area contributed by atoms with Gasteiger partial charge in [0.15, 0.2) is 0 Å². The molecule has 0 spiro atoms. The standard InChI is InChI=1S/C17H11.C5H5.C3H6.2ClH.Zr/c1-3-7-14-12(5-1)9-10-16-15-8-4-2-6-13(15)11-17(14)16;1-2-4-5-3-1;1-3-2;;;/h1-11H;1-3H,4H2;1-2H3;2*1H;/q;;;;;+2/p-2. The first-order chi connectivity index (χ1) is 12.8. The number of halogens is 2. The van der Waals surface area contributed by atoms with E-state index in [9.17, 15) is 0 Å². The van der Waals surface area contributed by atoms with Gasteiger partial charge in [0.05, 0.1) is 0 Å². The van der Waals surface area contributed by atoms with Crippen LogP contribution in [0.1, 0.15) is 35.0 Å². The van der Waals surface area contributed by atoms with Gasteiger partial charge in [0.2, 0.25) is 0 Å². The van der Waals surface area contributed by atoms with Crippen LogP contribution in [0.2, 0.25) is 0 Å². The minimum Gasteiger partial charge on any atom is -1.00 e. The van der Waals surface area contributed by atoms with Crippen molar-refractivity contribution in [1.29, 1.82) is 0 Å². The SMILES string of the molecule is C[C](C)=[Zr+2]([C]1=CC=CC1)[CH]1c2ccccc2-c2ccc3ccccc3c21.[Cl-].[Cl-]. The maximum Gasteiger partial charge on any atom is -1.00 e. The zero-order valence-corrected chi connectivity index (χ0v) is 20.0. The average Bonchev–Trinajstić information content (AvgIpc) is 3.29. The number of benzene rings is 3. The molecule has 0 N–H and O–H groups in total. The Morgan fingerprint density at radius 2 is 1.61 bits per heavy atom. The van der Waals surface area contributed by atoms with Gasteiger partial charge in [-0.1, -0.05) is 0 Å². The molecule has 2 aliphatic rings. The Morgan fingerprint density at radius 1 is 0.857 bits per heavy atom. The molecule has 0 aliphatic heterocycles. The Kier molecular flexibility index (Phi) is 6.60. The summed E-state index contributed by atoms with van der Waals surface area (Å²) in [5.74, 6) is 0. The molecule has 0 saturated carbocycles. The second-order valence-electron chi connectivity index (χ2n) is 7.51. The molecule has 1 unspecified atom stereocenters.